The summed E-state index contributed by atoms with van der Waals surface area (Å²) >= 11 is 3.79. The maximum atomic E-state index is 4.49. The van der Waals surface area contributed by atoms with E-state index in [2.05, 4.69) is 31.0 Å². The van der Waals surface area contributed by atoms with Crippen LogP contribution in [0.3, 0.4) is 0 Å². The highest BCUT2D eigenvalue weighted by Gasteiger charge is 2.30. The van der Waals surface area contributed by atoms with Crippen LogP contribution in [-0.4, -0.2) is 24.6 Å². The molecule has 3 aromatic rings. The van der Waals surface area contributed by atoms with Gasteiger partial charge in [-0.3, -0.25) is 0 Å². The van der Waals surface area contributed by atoms with Crippen molar-refractivity contribution >= 4 is 27.0 Å². The van der Waals surface area contributed by atoms with Gasteiger partial charge in [-0.05, 0) is 30.9 Å². The van der Waals surface area contributed by atoms with Crippen LogP contribution in [0.1, 0.15) is 18.5 Å². The van der Waals surface area contributed by atoms with E-state index in [-0.39, 0.29) is 0 Å². The van der Waals surface area contributed by atoms with Crippen LogP contribution in [0.5, 0.6) is 0 Å². The molecule has 1 aliphatic rings. The molecule has 0 amide bonds. The monoisotopic (exact) mass is 342 g/mol. The van der Waals surface area contributed by atoms with Crippen molar-refractivity contribution in [3.8, 4) is 5.69 Å². The molecular formula is C16H15BrN4. The molecule has 1 atom stereocenters. The van der Waals surface area contributed by atoms with Gasteiger partial charge in [0.05, 0.1) is 23.0 Å². The average Bonchev–Trinajstić information content (AvgIpc) is 3.28. The smallest absolute Gasteiger partial charge is 0.166 e. The highest BCUT2D eigenvalue weighted by atomic mass is 79.9. The maximum absolute atomic E-state index is 4.49. The van der Waals surface area contributed by atoms with Gasteiger partial charge in [0, 0.05) is 11.2 Å². The predicted molar refractivity (Wildman–Crippen MR) is 85.8 cm³/mol. The normalized spacial score (nSPS) is 16.2. The Bertz CT molecular complexity index is 764. The van der Waals surface area contributed by atoms with Crippen molar-refractivity contribution in [3.05, 3.63) is 48.5 Å². The zero-order chi connectivity index (χ0) is 14.2. The second-order valence-corrected chi connectivity index (χ2v) is 6.68. The maximum Gasteiger partial charge on any atom is 0.166 e. The summed E-state index contributed by atoms with van der Waals surface area (Å²) < 4.78 is 1.88. The molecule has 0 N–H and O–H groups in total. The second kappa shape index (κ2) is 5.22. The lowest BCUT2D eigenvalue weighted by Crippen LogP contribution is -2.07. The topological polar surface area (TPSA) is 43.6 Å². The van der Waals surface area contributed by atoms with E-state index in [1.54, 1.807) is 6.33 Å². The second-order valence-electron chi connectivity index (χ2n) is 5.51. The summed E-state index contributed by atoms with van der Waals surface area (Å²) in [4.78, 5) is 9.40. The van der Waals surface area contributed by atoms with Gasteiger partial charge < -0.3 is 0 Å². The Kier molecular flexibility index (Phi) is 3.22. The minimum atomic E-state index is 0.510. The predicted octanol–water partition coefficient (Wildman–Crippen LogP) is 3.53. The lowest BCUT2D eigenvalue weighted by atomic mass is 10.1. The molecular weight excluding hydrogens is 328 g/mol. The van der Waals surface area contributed by atoms with Crippen LogP contribution in [0.25, 0.3) is 16.7 Å². The van der Waals surface area contributed by atoms with Gasteiger partial charge in [0.1, 0.15) is 6.33 Å². The van der Waals surface area contributed by atoms with Crippen molar-refractivity contribution in [2.45, 2.75) is 24.1 Å². The number of alkyl halides is 1. The quantitative estimate of drug-likeness (QED) is 0.681. The lowest BCUT2D eigenvalue weighted by Gasteiger charge is -2.08. The van der Waals surface area contributed by atoms with Crippen LogP contribution in [0.15, 0.2) is 42.9 Å². The third-order valence-corrected chi connectivity index (χ3v) is 5.04. The summed E-state index contributed by atoms with van der Waals surface area (Å²) in [5.41, 5.74) is 2.98. The summed E-state index contributed by atoms with van der Waals surface area (Å²) in [7, 11) is 0. The van der Waals surface area contributed by atoms with Gasteiger partial charge in [-0.1, -0.05) is 34.1 Å². The first kappa shape index (κ1) is 13.0. The number of rotatable bonds is 4. The summed E-state index contributed by atoms with van der Waals surface area (Å²) in [6.45, 7) is 0. The van der Waals surface area contributed by atoms with Crippen molar-refractivity contribution in [1.29, 1.82) is 0 Å². The number of nitrogens with zero attached hydrogens (tertiary/aromatic N) is 4. The van der Waals surface area contributed by atoms with E-state index < -0.39 is 0 Å². The fourth-order valence-corrected chi connectivity index (χ4v) is 3.46. The molecule has 2 aromatic heterocycles. The van der Waals surface area contributed by atoms with Gasteiger partial charge in [-0.15, -0.1) is 0 Å². The third kappa shape index (κ3) is 2.46. The summed E-state index contributed by atoms with van der Waals surface area (Å²) in [5, 5.41) is 5.54. The first-order chi connectivity index (χ1) is 10.3. The Labute approximate surface area is 131 Å². The third-order valence-electron chi connectivity index (χ3n) is 3.97. The largest absolute Gasteiger partial charge is 0.240 e. The highest BCUT2D eigenvalue weighted by molar-refractivity contribution is 9.09. The summed E-state index contributed by atoms with van der Waals surface area (Å²) in [5.74, 6) is 0.805. The molecule has 0 aliphatic heterocycles. The lowest BCUT2D eigenvalue weighted by molar-refractivity contribution is 0.749. The number of fused-ring (bicyclic) bond motifs is 1. The Morgan fingerprint density at radius 3 is 2.76 bits per heavy atom. The first-order valence-electron chi connectivity index (χ1n) is 7.20. The van der Waals surface area contributed by atoms with E-state index >= 15 is 0 Å². The number of aromatic nitrogens is 4. The molecule has 1 aliphatic carbocycles. The number of halogens is 1. The van der Waals surface area contributed by atoms with E-state index in [4.69, 9.17) is 0 Å². The number of benzene rings is 1. The summed E-state index contributed by atoms with van der Waals surface area (Å²) in [6, 6.07) is 10.1. The molecule has 4 nitrogen and oxygen atoms in total. The van der Waals surface area contributed by atoms with Gasteiger partial charge in [0.15, 0.2) is 5.65 Å². The molecule has 1 fully saturated rings. The molecule has 21 heavy (non-hydrogen) atoms. The van der Waals surface area contributed by atoms with Crippen molar-refractivity contribution in [2.75, 3.05) is 0 Å². The Hall–Kier alpha value is -1.75. The fraction of sp³-hybridized carbons (Fsp3) is 0.312. The van der Waals surface area contributed by atoms with Crippen molar-refractivity contribution in [1.82, 2.24) is 19.7 Å². The Morgan fingerprint density at radius 2 is 2.00 bits per heavy atom. The molecule has 1 unspecified atom stereocenters. The molecule has 4 rings (SSSR count). The van der Waals surface area contributed by atoms with E-state index in [9.17, 15) is 0 Å². The van der Waals surface area contributed by atoms with Crippen LogP contribution < -0.4 is 0 Å². The molecule has 1 aromatic carbocycles. The van der Waals surface area contributed by atoms with Gasteiger partial charge >= 0.3 is 0 Å². The van der Waals surface area contributed by atoms with E-state index in [0.29, 0.717) is 4.83 Å². The number of para-hydroxylation sites is 1. The average molecular weight is 343 g/mol. The molecule has 2 heterocycles. The summed E-state index contributed by atoms with van der Waals surface area (Å²) in [6.07, 6.45) is 7.11. The minimum Gasteiger partial charge on any atom is -0.240 e. The van der Waals surface area contributed by atoms with E-state index in [1.807, 2.05) is 41.2 Å². The van der Waals surface area contributed by atoms with Crippen LogP contribution in [0.2, 0.25) is 0 Å². The van der Waals surface area contributed by atoms with Crippen LogP contribution >= 0.6 is 15.9 Å². The number of hydrogen-bond donors (Lipinski definition) is 0. The first-order valence-corrected chi connectivity index (χ1v) is 8.11. The molecule has 5 heteroatoms. The van der Waals surface area contributed by atoms with Gasteiger partial charge in [-0.2, -0.15) is 5.10 Å². The zero-order valence-electron chi connectivity index (χ0n) is 11.5. The molecule has 1 saturated carbocycles. The Balaban J connectivity index is 1.75. The van der Waals surface area contributed by atoms with E-state index in [0.717, 1.165) is 34.8 Å². The van der Waals surface area contributed by atoms with Gasteiger partial charge in [0.2, 0.25) is 0 Å². The van der Waals surface area contributed by atoms with Crippen molar-refractivity contribution in [3.63, 3.8) is 0 Å². The fourth-order valence-electron chi connectivity index (χ4n) is 2.62. The Morgan fingerprint density at radius 1 is 1.19 bits per heavy atom. The van der Waals surface area contributed by atoms with Crippen molar-refractivity contribution < 1.29 is 0 Å². The molecule has 106 valence electrons. The van der Waals surface area contributed by atoms with Crippen LogP contribution in [0.4, 0.5) is 0 Å². The standard InChI is InChI=1S/C16H15BrN4/c17-14(11-6-7-11)8-15-13-9-20-21(16(13)19-10-18-15)12-4-2-1-3-5-12/h1-5,9-11,14H,6-8H2. The zero-order valence-corrected chi connectivity index (χ0v) is 13.1. The highest BCUT2D eigenvalue weighted by Crippen LogP contribution is 2.38. The SMILES string of the molecule is BrC(Cc1ncnc2c1cnn2-c1ccccc1)C1CC1. The van der Waals surface area contributed by atoms with Crippen LogP contribution in [0, 0.1) is 5.92 Å². The minimum absolute atomic E-state index is 0.510. The molecule has 0 saturated heterocycles. The molecule has 0 spiro atoms. The van der Waals surface area contributed by atoms with Crippen LogP contribution in [-0.2, 0) is 6.42 Å². The van der Waals surface area contributed by atoms with E-state index in [1.165, 1.54) is 12.8 Å². The molecule has 0 radical (unpaired) electrons. The number of hydrogen-bond acceptors (Lipinski definition) is 3. The van der Waals surface area contributed by atoms with Crippen molar-refractivity contribution in [2.24, 2.45) is 5.92 Å². The van der Waals surface area contributed by atoms with Gasteiger partial charge in [0.25, 0.3) is 0 Å². The van der Waals surface area contributed by atoms with Gasteiger partial charge in [-0.25, -0.2) is 14.6 Å². The molecule has 0 bridgehead atoms.